The largest absolute Gasteiger partial charge is 0.372 e. The average molecular weight is 653 g/mol. The summed E-state index contributed by atoms with van der Waals surface area (Å²) in [6.45, 7) is 2.59. The molecule has 0 aliphatic carbocycles. The Balaban J connectivity index is 1.34. The molecular weight excluding hydrogens is 608 g/mol. The van der Waals surface area contributed by atoms with Gasteiger partial charge in [0, 0.05) is 50.8 Å². The van der Waals surface area contributed by atoms with Crippen molar-refractivity contribution in [1.82, 2.24) is 25.5 Å². The SMILES string of the molecule is CC(=O)N[C@@H](Cc1cnc[nH]1)C(=O)N[C@H](Cc1ccccc1)C(=O)N1C[C@H](OCc2ccc3ccccc3c2)C[C@@H]1CCCN=C(N)N. The lowest BCUT2D eigenvalue weighted by atomic mass is 10.0. The summed E-state index contributed by atoms with van der Waals surface area (Å²) in [6.07, 6.45) is 5.37. The third-order valence-corrected chi connectivity index (χ3v) is 8.52. The Labute approximate surface area is 280 Å². The molecule has 4 aromatic rings. The number of benzene rings is 3. The summed E-state index contributed by atoms with van der Waals surface area (Å²) in [5.74, 6) is -0.992. The van der Waals surface area contributed by atoms with Crippen LogP contribution < -0.4 is 22.1 Å². The number of imidazole rings is 1. The zero-order valence-electron chi connectivity index (χ0n) is 27.2. The van der Waals surface area contributed by atoms with Gasteiger partial charge < -0.3 is 36.7 Å². The lowest BCUT2D eigenvalue weighted by molar-refractivity contribution is -0.138. The molecule has 0 radical (unpaired) electrons. The van der Waals surface area contributed by atoms with Crippen LogP contribution in [0.5, 0.6) is 0 Å². The van der Waals surface area contributed by atoms with Gasteiger partial charge in [0.1, 0.15) is 12.1 Å². The van der Waals surface area contributed by atoms with Crippen molar-refractivity contribution < 1.29 is 19.1 Å². The van der Waals surface area contributed by atoms with E-state index < -0.39 is 18.0 Å². The van der Waals surface area contributed by atoms with Crippen molar-refractivity contribution in [2.75, 3.05) is 13.1 Å². The standard InChI is InChI=1S/C36H44N8O4/c1-24(45)42-32(18-29-20-39-23-41-29)34(46)43-33(17-25-8-3-2-4-9-25)35(47)44-21-31(19-30(44)12-7-15-40-36(37)38)48-22-26-13-14-27-10-5-6-11-28(27)16-26/h2-6,8-11,13-14,16,20,23,30-33H,7,12,15,17-19,21-22H2,1H3,(H,39,41)(H,42,45)(H,43,46)(H4,37,38,40)/t30-,31+,32-,33+/m0/s1. The quantitative estimate of drug-likeness (QED) is 0.0743. The van der Waals surface area contributed by atoms with Gasteiger partial charge in [-0.15, -0.1) is 0 Å². The summed E-state index contributed by atoms with van der Waals surface area (Å²) in [7, 11) is 0. The van der Waals surface area contributed by atoms with Gasteiger partial charge in [0.2, 0.25) is 17.7 Å². The third kappa shape index (κ3) is 9.64. The molecule has 1 aliphatic rings. The number of nitrogens with zero attached hydrogens (tertiary/aromatic N) is 3. The molecule has 12 heteroatoms. The number of H-pyrrole nitrogens is 1. The van der Waals surface area contributed by atoms with Crippen LogP contribution in [0.4, 0.5) is 0 Å². The van der Waals surface area contributed by atoms with Gasteiger partial charge >= 0.3 is 0 Å². The number of ether oxygens (including phenoxy) is 1. The Morgan fingerprint density at radius 3 is 2.48 bits per heavy atom. The molecule has 48 heavy (non-hydrogen) atoms. The van der Waals surface area contributed by atoms with E-state index >= 15 is 0 Å². The molecule has 1 aromatic heterocycles. The van der Waals surface area contributed by atoms with Gasteiger partial charge in [0.15, 0.2) is 5.96 Å². The third-order valence-electron chi connectivity index (χ3n) is 8.52. The molecule has 12 nitrogen and oxygen atoms in total. The van der Waals surface area contributed by atoms with Crippen LogP contribution in [0.2, 0.25) is 0 Å². The van der Waals surface area contributed by atoms with Crippen molar-refractivity contribution in [3.8, 4) is 0 Å². The van der Waals surface area contributed by atoms with Crippen LogP contribution in [0.15, 0.2) is 90.3 Å². The molecule has 3 aromatic carbocycles. The highest BCUT2D eigenvalue weighted by Crippen LogP contribution is 2.27. The molecule has 2 heterocycles. The Morgan fingerprint density at radius 2 is 1.75 bits per heavy atom. The van der Waals surface area contributed by atoms with E-state index in [-0.39, 0.29) is 42.8 Å². The summed E-state index contributed by atoms with van der Waals surface area (Å²) in [4.78, 5) is 53.1. The van der Waals surface area contributed by atoms with Gasteiger partial charge in [0.25, 0.3) is 0 Å². The maximum absolute atomic E-state index is 14.4. The predicted octanol–water partition coefficient (Wildman–Crippen LogP) is 2.58. The summed E-state index contributed by atoms with van der Waals surface area (Å²) < 4.78 is 6.41. The predicted molar refractivity (Wildman–Crippen MR) is 185 cm³/mol. The fourth-order valence-corrected chi connectivity index (χ4v) is 6.21. The Kier molecular flexibility index (Phi) is 11.8. The lowest BCUT2D eigenvalue weighted by Gasteiger charge is -2.30. The topological polar surface area (TPSA) is 181 Å². The molecule has 7 N–H and O–H groups in total. The van der Waals surface area contributed by atoms with Crippen LogP contribution in [0.1, 0.15) is 43.0 Å². The van der Waals surface area contributed by atoms with Gasteiger partial charge in [-0.1, -0.05) is 66.7 Å². The number of rotatable bonds is 15. The minimum absolute atomic E-state index is 0.0282. The minimum Gasteiger partial charge on any atom is -0.372 e. The molecule has 0 bridgehead atoms. The van der Waals surface area contributed by atoms with Crippen LogP contribution in [0, 0.1) is 0 Å². The number of aromatic nitrogens is 2. The van der Waals surface area contributed by atoms with Crippen molar-refractivity contribution in [2.24, 2.45) is 16.5 Å². The Hall–Kier alpha value is -5.23. The first-order valence-corrected chi connectivity index (χ1v) is 16.3. The zero-order chi connectivity index (χ0) is 33.9. The first-order chi connectivity index (χ1) is 23.2. The number of nitrogens with two attached hydrogens (primary N) is 2. The van der Waals surface area contributed by atoms with Gasteiger partial charge in [0.05, 0.1) is 19.0 Å². The van der Waals surface area contributed by atoms with Crippen LogP contribution in [-0.4, -0.2) is 75.9 Å². The number of nitrogens with one attached hydrogen (secondary N) is 3. The van der Waals surface area contributed by atoms with E-state index in [9.17, 15) is 14.4 Å². The van der Waals surface area contributed by atoms with Gasteiger partial charge in [-0.3, -0.25) is 19.4 Å². The second-order valence-electron chi connectivity index (χ2n) is 12.2. The molecule has 0 spiro atoms. The second-order valence-corrected chi connectivity index (χ2v) is 12.2. The highest BCUT2D eigenvalue weighted by atomic mass is 16.5. The molecule has 4 atom stereocenters. The normalized spacial score (nSPS) is 17.1. The zero-order valence-corrected chi connectivity index (χ0v) is 27.2. The van der Waals surface area contributed by atoms with Crippen molar-refractivity contribution >= 4 is 34.5 Å². The van der Waals surface area contributed by atoms with Crippen LogP contribution in [0.3, 0.4) is 0 Å². The molecule has 1 aliphatic heterocycles. The monoisotopic (exact) mass is 652 g/mol. The highest BCUT2D eigenvalue weighted by Gasteiger charge is 2.39. The van der Waals surface area contributed by atoms with E-state index in [1.807, 2.05) is 47.4 Å². The molecular formula is C36H44N8O4. The van der Waals surface area contributed by atoms with Crippen LogP contribution >= 0.6 is 0 Å². The highest BCUT2D eigenvalue weighted by molar-refractivity contribution is 5.92. The van der Waals surface area contributed by atoms with E-state index in [0.29, 0.717) is 44.7 Å². The van der Waals surface area contributed by atoms with E-state index in [2.05, 4.69) is 55.9 Å². The number of carbonyl (C=O) groups is 3. The molecule has 252 valence electrons. The van der Waals surface area contributed by atoms with E-state index in [1.54, 1.807) is 6.20 Å². The van der Waals surface area contributed by atoms with Gasteiger partial charge in [-0.25, -0.2) is 4.98 Å². The maximum Gasteiger partial charge on any atom is 0.245 e. The molecule has 1 fully saturated rings. The number of hydrogen-bond donors (Lipinski definition) is 5. The summed E-state index contributed by atoms with van der Waals surface area (Å²) in [5.41, 5.74) is 13.7. The minimum atomic E-state index is -0.902. The van der Waals surface area contributed by atoms with Gasteiger partial charge in [-0.2, -0.15) is 0 Å². The molecule has 0 unspecified atom stereocenters. The first-order valence-electron chi connectivity index (χ1n) is 16.3. The number of amides is 3. The van der Waals surface area contributed by atoms with E-state index in [1.165, 1.54) is 13.3 Å². The number of fused-ring (bicyclic) bond motifs is 1. The molecule has 5 rings (SSSR count). The fourth-order valence-electron chi connectivity index (χ4n) is 6.21. The van der Waals surface area contributed by atoms with Gasteiger partial charge in [-0.05, 0) is 47.2 Å². The number of carbonyl (C=O) groups excluding carboxylic acids is 3. The second kappa shape index (κ2) is 16.6. The number of aromatic amines is 1. The number of aliphatic imine (C=N–C) groups is 1. The van der Waals surface area contributed by atoms with Crippen molar-refractivity contribution in [2.45, 2.75) is 69.9 Å². The molecule has 0 saturated carbocycles. The summed E-state index contributed by atoms with van der Waals surface area (Å²) in [6, 6.07) is 22.1. The van der Waals surface area contributed by atoms with Crippen LogP contribution in [-0.2, 0) is 38.6 Å². The summed E-state index contributed by atoms with van der Waals surface area (Å²) >= 11 is 0. The first kappa shape index (κ1) is 34.1. The van der Waals surface area contributed by atoms with Crippen molar-refractivity contribution in [1.29, 1.82) is 0 Å². The van der Waals surface area contributed by atoms with E-state index in [0.717, 1.165) is 21.9 Å². The molecule has 3 amide bonds. The Morgan fingerprint density at radius 1 is 0.979 bits per heavy atom. The lowest BCUT2D eigenvalue weighted by Crippen LogP contribution is -2.56. The smallest absolute Gasteiger partial charge is 0.245 e. The molecule has 1 saturated heterocycles. The van der Waals surface area contributed by atoms with Crippen molar-refractivity contribution in [3.05, 3.63) is 102 Å². The number of guanidine groups is 1. The number of hydrogen-bond acceptors (Lipinski definition) is 6. The average Bonchev–Trinajstić information content (AvgIpc) is 3.75. The van der Waals surface area contributed by atoms with Crippen LogP contribution in [0.25, 0.3) is 10.8 Å². The summed E-state index contributed by atoms with van der Waals surface area (Å²) in [5, 5.41) is 8.01. The maximum atomic E-state index is 14.4. The number of likely N-dealkylation sites (tertiary alicyclic amines) is 1. The van der Waals surface area contributed by atoms with E-state index in [4.69, 9.17) is 16.2 Å². The Bertz CT molecular complexity index is 1690. The van der Waals surface area contributed by atoms with Crippen molar-refractivity contribution in [3.63, 3.8) is 0 Å². The fraction of sp³-hybridized carbons (Fsp3) is 0.361.